The number of amides is 2. The number of carbonyl (C=O) groups is 2. The monoisotopic (exact) mass is 284 g/mol. The molecular weight excluding hydrogens is 256 g/mol. The quantitative estimate of drug-likeness (QED) is 0.720. The minimum atomic E-state index is -0.796. The molecular formula is C15H28N2O3. The molecule has 0 aromatic carbocycles. The number of aliphatic carboxylic acids is 1. The number of rotatable bonds is 8. The highest BCUT2D eigenvalue weighted by atomic mass is 16.4. The van der Waals surface area contributed by atoms with E-state index in [1.807, 2.05) is 4.90 Å². The summed E-state index contributed by atoms with van der Waals surface area (Å²) in [6.07, 6.45) is 3.16. The SMILES string of the molecule is CCC(CC)N(CC(C)C)C(=O)NCC1(C(=O)O)CC1. The lowest BCUT2D eigenvalue weighted by molar-refractivity contribution is -0.143. The molecule has 0 heterocycles. The summed E-state index contributed by atoms with van der Waals surface area (Å²) in [7, 11) is 0. The first kappa shape index (κ1) is 16.8. The van der Waals surface area contributed by atoms with Crippen LogP contribution in [0.1, 0.15) is 53.4 Å². The predicted octanol–water partition coefficient (Wildman–Crippen LogP) is 2.71. The van der Waals surface area contributed by atoms with E-state index in [1.165, 1.54) is 0 Å². The maximum atomic E-state index is 12.4. The second-order valence-corrected chi connectivity index (χ2v) is 6.26. The van der Waals surface area contributed by atoms with Gasteiger partial charge in [-0.05, 0) is 31.6 Å². The molecule has 0 atom stereocenters. The Kier molecular flexibility index (Phi) is 5.84. The fourth-order valence-electron chi connectivity index (χ4n) is 2.48. The van der Waals surface area contributed by atoms with Crippen LogP contribution in [0.2, 0.25) is 0 Å². The van der Waals surface area contributed by atoms with Crippen molar-refractivity contribution in [2.24, 2.45) is 11.3 Å². The van der Waals surface area contributed by atoms with E-state index in [2.05, 4.69) is 33.0 Å². The molecule has 0 aromatic heterocycles. The first-order valence-electron chi connectivity index (χ1n) is 7.64. The van der Waals surface area contributed by atoms with Crippen LogP contribution >= 0.6 is 0 Å². The predicted molar refractivity (Wildman–Crippen MR) is 78.6 cm³/mol. The van der Waals surface area contributed by atoms with Gasteiger partial charge in [0.05, 0.1) is 5.41 Å². The Balaban J connectivity index is 2.61. The summed E-state index contributed by atoms with van der Waals surface area (Å²) in [4.78, 5) is 25.3. The summed E-state index contributed by atoms with van der Waals surface area (Å²) in [5.41, 5.74) is -0.701. The van der Waals surface area contributed by atoms with Gasteiger partial charge in [0.2, 0.25) is 0 Å². The zero-order valence-corrected chi connectivity index (χ0v) is 13.1. The van der Waals surface area contributed by atoms with Crippen molar-refractivity contribution in [3.8, 4) is 0 Å². The Bertz CT molecular complexity index is 347. The van der Waals surface area contributed by atoms with E-state index >= 15 is 0 Å². The molecule has 0 aliphatic heterocycles. The van der Waals surface area contributed by atoms with E-state index in [0.717, 1.165) is 12.8 Å². The number of urea groups is 1. The van der Waals surface area contributed by atoms with Crippen molar-refractivity contribution >= 4 is 12.0 Å². The Morgan fingerprint density at radius 1 is 1.25 bits per heavy atom. The van der Waals surface area contributed by atoms with Gasteiger partial charge < -0.3 is 15.3 Å². The van der Waals surface area contributed by atoms with Crippen molar-refractivity contribution in [1.29, 1.82) is 0 Å². The smallest absolute Gasteiger partial charge is 0.317 e. The number of carboxylic acid groups (broad SMARTS) is 1. The molecule has 0 aromatic rings. The fourth-order valence-corrected chi connectivity index (χ4v) is 2.48. The molecule has 5 heteroatoms. The van der Waals surface area contributed by atoms with Crippen molar-refractivity contribution in [3.63, 3.8) is 0 Å². The number of nitrogens with zero attached hydrogens (tertiary/aromatic N) is 1. The van der Waals surface area contributed by atoms with Gasteiger partial charge in [-0.3, -0.25) is 4.79 Å². The Labute approximate surface area is 121 Å². The van der Waals surface area contributed by atoms with Gasteiger partial charge in [-0.1, -0.05) is 27.7 Å². The number of carbonyl (C=O) groups excluding carboxylic acids is 1. The average molecular weight is 284 g/mol. The van der Waals surface area contributed by atoms with Gasteiger partial charge in [-0.15, -0.1) is 0 Å². The summed E-state index contributed by atoms with van der Waals surface area (Å²) in [5.74, 6) is -0.397. The molecule has 1 fully saturated rings. The normalized spacial score (nSPS) is 16.3. The molecule has 0 radical (unpaired) electrons. The van der Waals surface area contributed by atoms with Crippen LogP contribution in [0, 0.1) is 11.3 Å². The second-order valence-electron chi connectivity index (χ2n) is 6.26. The van der Waals surface area contributed by atoms with E-state index in [1.54, 1.807) is 0 Å². The van der Waals surface area contributed by atoms with Crippen molar-refractivity contribution < 1.29 is 14.7 Å². The van der Waals surface area contributed by atoms with Crippen LogP contribution in [-0.4, -0.2) is 41.1 Å². The summed E-state index contributed by atoms with van der Waals surface area (Å²) in [6, 6.07) is 0.0947. The van der Waals surface area contributed by atoms with Crippen LogP contribution in [-0.2, 0) is 4.79 Å². The summed E-state index contributed by atoms with van der Waals surface area (Å²) in [6.45, 7) is 9.28. The molecule has 20 heavy (non-hydrogen) atoms. The molecule has 116 valence electrons. The Hall–Kier alpha value is -1.26. The Morgan fingerprint density at radius 3 is 2.15 bits per heavy atom. The van der Waals surface area contributed by atoms with E-state index in [9.17, 15) is 9.59 Å². The van der Waals surface area contributed by atoms with Gasteiger partial charge in [-0.25, -0.2) is 4.79 Å². The molecule has 2 amide bonds. The largest absolute Gasteiger partial charge is 0.481 e. The zero-order valence-electron chi connectivity index (χ0n) is 13.1. The molecule has 1 aliphatic rings. The number of carboxylic acids is 1. The molecule has 5 nitrogen and oxygen atoms in total. The van der Waals surface area contributed by atoms with Crippen molar-refractivity contribution in [2.45, 2.75) is 59.4 Å². The van der Waals surface area contributed by atoms with Crippen LogP contribution in [0.4, 0.5) is 4.79 Å². The standard InChI is InChI=1S/C15H28N2O3/c1-5-12(6-2)17(9-11(3)4)14(20)16-10-15(7-8-15)13(18)19/h11-12H,5-10H2,1-4H3,(H,16,20)(H,18,19). The molecule has 0 bridgehead atoms. The fraction of sp³-hybridized carbons (Fsp3) is 0.867. The van der Waals surface area contributed by atoms with E-state index in [0.29, 0.717) is 25.3 Å². The minimum Gasteiger partial charge on any atom is -0.481 e. The first-order valence-corrected chi connectivity index (χ1v) is 7.64. The van der Waals surface area contributed by atoms with Gasteiger partial charge in [0.15, 0.2) is 0 Å². The number of hydrogen-bond acceptors (Lipinski definition) is 2. The van der Waals surface area contributed by atoms with Crippen molar-refractivity contribution in [3.05, 3.63) is 0 Å². The lowest BCUT2D eigenvalue weighted by atomic mass is 10.1. The van der Waals surface area contributed by atoms with Gasteiger partial charge in [0.25, 0.3) is 0 Å². The molecule has 0 saturated heterocycles. The molecule has 1 saturated carbocycles. The van der Waals surface area contributed by atoms with E-state index in [-0.39, 0.29) is 18.6 Å². The molecule has 2 N–H and O–H groups in total. The third-order valence-electron chi connectivity index (χ3n) is 4.09. The van der Waals surface area contributed by atoms with E-state index in [4.69, 9.17) is 5.11 Å². The summed E-state index contributed by atoms with van der Waals surface area (Å²) < 4.78 is 0. The summed E-state index contributed by atoms with van der Waals surface area (Å²) >= 11 is 0. The maximum Gasteiger partial charge on any atom is 0.317 e. The van der Waals surface area contributed by atoms with E-state index < -0.39 is 11.4 Å². The number of nitrogens with one attached hydrogen (secondary N) is 1. The lowest BCUT2D eigenvalue weighted by Crippen LogP contribution is -2.49. The highest BCUT2D eigenvalue weighted by Gasteiger charge is 2.50. The maximum absolute atomic E-state index is 12.4. The summed E-state index contributed by atoms with van der Waals surface area (Å²) in [5, 5.41) is 12.0. The van der Waals surface area contributed by atoms with Crippen molar-refractivity contribution in [1.82, 2.24) is 10.2 Å². The zero-order chi connectivity index (χ0) is 15.3. The number of hydrogen-bond donors (Lipinski definition) is 2. The third-order valence-corrected chi connectivity index (χ3v) is 4.09. The molecule has 1 aliphatic carbocycles. The van der Waals surface area contributed by atoms with Gasteiger partial charge in [0, 0.05) is 19.1 Å². The minimum absolute atomic E-state index is 0.125. The van der Waals surface area contributed by atoms with Gasteiger partial charge in [0.1, 0.15) is 0 Å². The molecule has 1 rings (SSSR count). The molecule has 0 spiro atoms. The molecule has 0 unspecified atom stereocenters. The average Bonchev–Trinajstić information content (AvgIpc) is 3.17. The van der Waals surface area contributed by atoms with Crippen LogP contribution < -0.4 is 5.32 Å². The Morgan fingerprint density at radius 2 is 1.80 bits per heavy atom. The second kappa shape index (κ2) is 6.95. The van der Waals surface area contributed by atoms with Crippen LogP contribution in [0.5, 0.6) is 0 Å². The lowest BCUT2D eigenvalue weighted by Gasteiger charge is -2.32. The highest BCUT2D eigenvalue weighted by molar-refractivity contribution is 5.80. The van der Waals surface area contributed by atoms with Crippen LogP contribution in [0.25, 0.3) is 0 Å². The van der Waals surface area contributed by atoms with Gasteiger partial charge >= 0.3 is 12.0 Å². The van der Waals surface area contributed by atoms with Gasteiger partial charge in [-0.2, -0.15) is 0 Å². The van der Waals surface area contributed by atoms with Crippen LogP contribution in [0.3, 0.4) is 0 Å². The highest BCUT2D eigenvalue weighted by Crippen LogP contribution is 2.45. The third kappa shape index (κ3) is 4.12. The van der Waals surface area contributed by atoms with Crippen molar-refractivity contribution in [2.75, 3.05) is 13.1 Å². The topological polar surface area (TPSA) is 69.6 Å². The first-order chi connectivity index (χ1) is 9.36. The van der Waals surface area contributed by atoms with Crippen LogP contribution in [0.15, 0.2) is 0 Å².